The average Bonchev–Trinajstić information content (AvgIpc) is 3.07. The van der Waals surface area contributed by atoms with Gasteiger partial charge in [0.25, 0.3) is 0 Å². The molecule has 0 aromatic carbocycles. The lowest BCUT2D eigenvalue weighted by molar-refractivity contribution is -0.125. The number of hydrogen-bond acceptors (Lipinski definition) is 5. The van der Waals surface area contributed by atoms with E-state index in [-0.39, 0.29) is 11.9 Å². The van der Waals surface area contributed by atoms with Crippen LogP contribution in [0.15, 0.2) is 71.0 Å². The van der Waals surface area contributed by atoms with Crippen LogP contribution in [0.5, 0.6) is 0 Å². The molecule has 0 aliphatic carbocycles. The van der Waals surface area contributed by atoms with E-state index in [1.54, 1.807) is 5.01 Å². The van der Waals surface area contributed by atoms with Crippen LogP contribution in [0.3, 0.4) is 0 Å². The number of rotatable bonds is 12. The second-order valence-corrected chi connectivity index (χ2v) is 8.16. The molecule has 2 rings (SSSR count). The van der Waals surface area contributed by atoms with Crippen molar-refractivity contribution in [1.82, 2.24) is 15.6 Å². The molecule has 1 amide bonds. The highest BCUT2D eigenvalue weighted by molar-refractivity contribution is 5.83. The number of allylic oxidation sites excluding steroid dienone is 7. The van der Waals surface area contributed by atoms with Gasteiger partial charge in [0.05, 0.1) is 0 Å². The Morgan fingerprint density at radius 2 is 2.09 bits per heavy atom. The summed E-state index contributed by atoms with van der Waals surface area (Å²) < 4.78 is 0. The maximum Gasteiger partial charge on any atom is 0.248 e. The van der Waals surface area contributed by atoms with Crippen LogP contribution in [-0.4, -0.2) is 48.1 Å². The first-order valence-electron chi connectivity index (χ1n) is 11.8. The molecule has 0 radical (unpaired) electrons. The molecule has 2 N–H and O–H groups in total. The lowest BCUT2D eigenvalue weighted by atomic mass is 10.1. The van der Waals surface area contributed by atoms with Gasteiger partial charge in [0, 0.05) is 37.0 Å². The number of carbonyl (C=O) groups is 1. The van der Waals surface area contributed by atoms with Gasteiger partial charge < -0.3 is 10.6 Å². The van der Waals surface area contributed by atoms with Gasteiger partial charge in [-0.1, -0.05) is 42.5 Å². The van der Waals surface area contributed by atoms with E-state index in [0.29, 0.717) is 18.6 Å². The summed E-state index contributed by atoms with van der Waals surface area (Å²) in [4.78, 5) is 16.6. The van der Waals surface area contributed by atoms with E-state index in [0.717, 1.165) is 37.8 Å². The Labute approximate surface area is 193 Å². The lowest BCUT2D eigenvalue weighted by Gasteiger charge is -2.24. The summed E-state index contributed by atoms with van der Waals surface area (Å²) in [5.74, 6) is -0.0607. The Balaban J connectivity index is 1.67. The number of hydrogen-bond donors (Lipinski definition) is 2. The zero-order chi connectivity index (χ0) is 23.0. The molecule has 0 aromatic heterocycles. The molecule has 0 spiro atoms. The second-order valence-electron chi connectivity index (χ2n) is 8.16. The minimum Gasteiger partial charge on any atom is -0.325 e. The van der Waals surface area contributed by atoms with Crippen molar-refractivity contribution >= 4 is 18.5 Å². The van der Waals surface area contributed by atoms with Crippen molar-refractivity contribution in [3.8, 4) is 0 Å². The van der Waals surface area contributed by atoms with Gasteiger partial charge in [-0.25, -0.2) is 4.99 Å². The van der Waals surface area contributed by atoms with Crippen molar-refractivity contribution in [3.63, 3.8) is 0 Å². The van der Waals surface area contributed by atoms with E-state index in [1.165, 1.54) is 19.2 Å². The summed E-state index contributed by atoms with van der Waals surface area (Å²) in [6.45, 7) is 8.20. The third-order valence-electron chi connectivity index (χ3n) is 5.69. The van der Waals surface area contributed by atoms with Crippen molar-refractivity contribution in [2.75, 3.05) is 6.54 Å². The fraction of sp³-hybridized carbons (Fsp3) is 0.500. The van der Waals surface area contributed by atoms with E-state index in [9.17, 15) is 4.79 Å². The Kier molecular flexibility index (Phi) is 12.1. The van der Waals surface area contributed by atoms with Gasteiger partial charge >= 0.3 is 0 Å². The van der Waals surface area contributed by atoms with E-state index >= 15 is 0 Å². The Morgan fingerprint density at radius 3 is 2.91 bits per heavy atom. The van der Waals surface area contributed by atoms with Gasteiger partial charge in [-0.3, -0.25) is 9.80 Å². The fourth-order valence-electron chi connectivity index (χ4n) is 3.75. The van der Waals surface area contributed by atoms with Crippen LogP contribution in [-0.2, 0) is 4.79 Å². The molecule has 0 bridgehead atoms. The first kappa shape index (κ1) is 25.5. The molecule has 2 aliphatic rings. The molecule has 6 nitrogen and oxygen atoms in total. The van der Waals surface area contributed by atoms with Crippen molar-refractivity contribution < 1.29 is 4.79 Å². The molecule has 174 valence electrons. The molecule has 0 saturated carbocycles. The van der Waals surface area contributed by atoms with Gasteiger partial charge in [0.2, 0.25) is 5.91 Å². The largest absolute Gasteiger partial charge is 0.325 e. The molecular weight excluding hydrogens is 398 g/mol. The molecule has 6 heteroatoms. The van der Waals surface area contributed by atoms with E-state index in [2.05, 4.69) is 57.7 Å². The molecule has 32 heavy (non-hydrogen) atoms. The molecule has 1 unspecified atom stereocenters. The molecule has 3 atom stereocenters. The SMILES string of the molecule is C=CC/C=C\C=C\C[C@H]1CC[C@@H](CC/C=C\C(=C/C)NC(=O)C(C)N2CCC=NC=N2)N1. The topological polar surface area (TPSA) is 69.1 Å². The third kappa shape index (κ3) is 9.60. The van der Waals surface area contributed by atoms with Crippen molar-refractivity contribution in [3.05, 3.63) is 60.9 Å². The first-order chi connectivity index (χ1) is 15.6. The van der Waals surface area contributed by atoms with Crippen LogP contribution in [0.1, 0.15) is 58.8 Å². The highest BCUT2D eigenvalue weighted by Gasteiger charge is 2.22. The van der Waals surface area contributed by atoms with Crippen molar-refractivity contribution in [2.45, 2.75) is 76.9 Å². The standard InChI is InChI=1S/C26H39N5O/c1-4-6-7-8-9-10-15-24-17-18-25(29-24)16-12-11-14-23(5-2)30-26(32)22(3)31-20-13-19-27-21-28-31/h4-5,7-11,14,19,21-22,24-25,29H,1,6,12-13,15-18,20H2,2-3H3,(H,30,32)/b8-7-,10-9+,14-11-,23-5+/t22?,24-,25+/m0/s1. The maximum atomic E-state index is 12.6. The van der Waals surface area contributed by atoms with Gasteiger partial charge in [0.15, 0.2) is 0 Å². The van der Waals surface area contributed by atoms with Crippen LogP contribution < -0.4 is 10.6 Å². The molecule has 0 aromatic rings. The molecular formula is C26H39N5O. The third-order valence-corrected chi connectivity index (χ3v) is 5.69. The smallest absolute Gasteiger partial charge is 0.248 e. The van der Waals surface area contributed by atoms with Crippen LogP contribution in [0, 0.1) is 0 Å². The minimum atomic E-state index is -0.345. The highest BCUT2D eigenvalue weighted by atomic mass is 16.2. The molecule has 2 heterocycles. The monoisotopic (exact) mass is 437 g/mol. The Bertz CT molecular complexity index is 762. The Hall–Kier alpha value is -2.73. The number of hydrazone groups is 1. The zero-order valence-corrected chi connectivity index (χ0v) is 19.6. The normalized spacial score (nSPS) is 22.8. The summed E-state index contributed by atoms with van der Waals surface area (Å²) in [5.41, 5.74) is 0.823. The number of amides is 1. The maximum absolute atomic E-state index is 12.6. The van der Waals surface area contributed by atoms with Gasteiger partial charge in [0.1, 0.15) is 12.4 Å². The van der Waals surface area contributed by atoms with Crippen LogP contribution in [0.25, 0.3) is 0 Å². The van der Waals surface area contributed by atoms with E-state index in [4.69, 9.17) is 0 Å². The lowest BCUT2D eigenvalue weighted by Crippen LogP contribution is -2.42. The van der Waals surface area contributed by atoms with E-state index < -0.39 is 0 Å². The van der Waals surface area contributed by atoms with Gasteiger partial charge in [-0.05, 0) is 58.4 Å². The summed E-state index contributed by atoms with van der Waals surface area (Å²) >= 11 is 0. The fourth-order valence-corrected chi connectivity index (χ4v) is 3.75. The number of carbonyl (C=O) groups excluding carboxylic acids is 1. The summed E-state index contributed by atoms with van der Waals surface area (Å²) in [5, 5.41) is 12.8. The molecule has 1 fully saturated rings. The van der Waals surface area contributed by atoms with Gasteiger partial charge in [-0.15, -0.1) is 6.58 Å². The van der Waals surface area contributed by atoms with Crippen LogP contribution in [0.4, 0.5) is 0 Å². The summed E-state index contributed by atoms with van der Waals surface area (Å²) in [6, 6.07) is 0.801. The average molecular weight is 438 g/mol. The van der Waals surface area contributed by atoms with Gasteiger partial charge in [-0.2, -0.15) is 5.10 Å². The zero-order valence-electron chi connectivity index (χ0n) is 19.6. The van der Waals surface area contributed by atoms with Crippen molar-refractivity contribution in [2.24, 2.45) is 10.1 Å². The van der Waals surface area contributed by atoms with Crippen molar-refractivity contribution in [1.29, 1.82) is 0 Å². The Morgan fingerprint density at radius 1 is 1.28 bits per heavy atom. The predicted molar refractivity (Wildman–Crippen MR) is 136 cm³/mol. The summed E-state index contributed by atoms with van der Waals surface area (Å²) in [6.07, 6.45) is 27.2. The van der Waals surface area contributed by atoms with Crippen LogP contribution in [0.2, 0.25) is 0 Å². The quantitative estimate of drug-likeness (QED) is 0.345. The second kappa shape index (κ2) is 15.1. The number of nitrogens with zero attached hydrogens (tertiary/aromatic N) is 3. The molecule has 1 saturated heterocycles. The number of nitrogens with one attached hydrogen (secondary N) is 2. The summed E-state index contributed by atoms with van der Waals surface area (Å²) in [7, 11) is 0. The number of aliphatic imine (C=N–C) groups is 1. The highest BCUT2D eigenvalue weighted by Crippen LogP contribution is 2.19. The predicted octanol–water partition coefficient (Wildman–Crippen LogP) is 4.65. The van der Waals surface area contributed by atoms with E-state index in [1.807, 2.05) is 38.3 Å². The minimum absolute atomic E-state index is 0.0607. The molecule has 2 aliphatic heterocycles. The van der Waals surface area contributed by atoms with Crippen LogP contribution >= 0.6 is 0 Å². The first-order valence-corrected chi connectivity index (χ1v) is 11.8.